The second-order valence-corrected chi connectivity index (χ2v) is 11.1. The summed E-state index contributed by atoms with van der Waals surface area (Å²) in [6.07, 6.45) is 3.14. The quantitative estimate of drug-likeness (QED) is 0.197. The lowest BCUT2D eigenvalue weighted by Gasteiger charge is -2.22. The number of carboxylic acids is 1. The number of thioether (sulfide) groups is 1. The molecule has 1 unspecified atom stereocenters. The molecule has 1 atom stereocenters. The van der Waals surface area contributed by atoms with Gasteiger partial charge in [-0.3, -0.25) is 0 Å². The van der Waals surface area contributed by atoms with Crippen molar-refractivity contribution in [3.8, 4) is 11.5 Å². The highest BCUT2D eigenvalue weighted by atomic mass is 32.2. The van der Waals surface area contributed by atoms with Crippen molar-refractivity contribution < 1.29 is 28.9 Å². The van der Waals surface area contributed by atoms with E-state index in [0.717, 1.165) is 42.8 Å². The van der Waals surface area contributed by atoms with E-state index in [1.54, 1.807) is 11.8 Å². The fourth-order valence-electron chi connectivity index (χ4n) is 4.82. The van der Waals surface area contributed by atoms with Crippen molar-refractivity contribution in [1.82, 2.24) is 4.90 Å². The Morgan fingerprint density at radius 1 is 0.927 bits per heavy atom. The van der Waals surface area contributed by atoms with Crippen molar-refractivity contribution in [2.45, 2.75) is 50.9 Å². The Balaban J connectivity index is 1.29. The molecular formula is C33H39NO6S. The van der Waals surface area contributed by atoms with Gasteiger partial charge in [-0.15, -0.1) is 0 Å². The van der Waals surface area contributed by atoms with E-state index in [1.165, 1.54) is 16.7 Å². The monoisotopic (exact) mass is 577 g/mol. The molecule has 0 bridgehead atoms. The van der Waals surface area contributed by atoms with E-state index in [0.29, 0.717) is 37.8 Å². The van der Waals surface area contributed by atoms with Crippen LogP contribution in [0.3, 0.4) is 0 Å². The van der Waals surface area contributed by atoms with Crippen LogP contribution in [0.4, 0.5) is 4.79 Å². The molecular weight excluding hydrogens is 538 g/mol. The lowest BCUT2D eigenvalue weighted by atomic mass is 10.1. The minimum Gasteiger partial charge on any atom is -0.492 e. The maximum atomic E-state index is 13.2. The third-order valence-corrected chi connectivity index (χ3v) is 8.09. The largest absolute Gasteiger partial charge is 0.492 e. The molecule has 1 aliphatic rings. The van der Waals surface area contributed by atoms with Gasteiger partial charge in [-0.1, -0.05) is 48.5 Å². The number of carbonyl (C=O) groups excluding carboxylic acids is 1. The summed E-state index contributed by atoms with van der Waals surface area (Å²) in [4.78, 5) is 26.3. The molecule has 0 heterocycles. The minimum atomic E-state index is -0.975. The van der Waals surface area contributed by atoms with E-state index >= 15 is 0 Å². The van der Waals surface area contributed by atoms with Crippen LogP contribution in [0.25, 0.3) is 0 Å². The number of benzene rings is 3. The second kappa shape index (κ2) is 16.1. The Bertz CT molecular complexity index is 1250. The van der Waals surface area contributed by atoms with Gasteiger partial charge in [-0.05, 0) is 84.9 Å². The summed E-state index contributed by atoms with van der Waals surface area (Å²) in [5, 5.41) is 9.32. The van der Waals surface area contributed by atoms with Gasteiger partial charge in [0.15, 0.2) is 6.10 Å². The molecule has 41 heavy (non-hydrogen) atoms. The molecule has 1 aliphatic carbocycles. The van der Waals surface area contributed by atoms with Gasteiger partial charge in [0, 0.05) is 25.3 Å². The van der Waals surface area contributed by atoms with Crippen LogP contribution in [-0.4, -0.2) is 60.2 Å². The summed E-state index contributed by atoms with van der Waals surface area (Å²) in [5.41, 5.74) is 4.75. The van der Waals surface area contributed by atoms with E-state index in [-0.39, 0.29) is 12.5 Å². The zero-order valence-corrected chi connectivity index (χ0v) is 24.4. The topological polar surface area (TPSA) is 85.3 Å². The third-order valence-electron chi connectivity index (χ3n) is 6.98. The van der Waals surface area contributed by atoms with Crippen LogP contribution in [0.5, 0.6) is 11.5 Å². The van der Waals surface area contributed by atoms with E-state index in [4.69, 9.17) is 14.2 Å². The number of amides is 1. The molecule has 0 saturated heterocycles. The highest BCUT2D eigenvalue weighted by molar-refractivity contribution is 7.98. The summed E-state index contributed by atoms with van der Waals surface area (Å²) >= 11 is 1.85. The molecule has 1 amide bonds. The third kappa shape index (κ3) is 9.83. The van der Waals surface area contributed by atoms with Crippen LogP contribution in [0.1, 0.15) is 42.0 Å². The van der Waals surface area contributed by atoms with Gasteiger partial charge >= 0.3 is 12.1 Å². The Kier molecular flexibility index (Phi) is 11.9. The molecule has 0 saturated carbocycles. The molecule has 0 radical (unpaired) electrons. The van der Waals surface area contributed by atoms with Crippen molar-refractivity contribution in [2.24, 2.45) is 0 Å². The number of hydrogen-bond acceptors (Lipinski definition) is 6. The lowest BCUT2D eigenvalue weighted by molar-refractivity contribution is -0.149. The van der Waals surface area contributed by atoms with Gasteiger partial charge < -0.3 is 24.2 Å². The number of rotatable bonds is 16. The molecule has 8 heteroatoms. The van der Waals surface area contributed by atoms with Crippen LogP contribution in [0.15, 0.2) is 72.8 Å². The van der Waals surface area contributed by atoms with Crippen molar-refractivity contribution in [2.75, 3.05) is 32.1 Å². The van der Waals surface area contributed by atoms with Gasteiger partial charge in [0.2, 0.25) is 0 Å². The number of aliphatic carboxylic acids is 1. The second-order valence-electron chi connectivity index (χ2n) is 10.0. The molecule has 4 rings (SSSR count). The van der Waals surface area contributed by atoms with Crippen LogP contribution < -0.4 is 9.47 Å². The fraction of sp³-hybridized carbons (Fsp3) is 0.394. The predicted octanol–water partition coefficient (Wildman–Crippen LogP) is 6.41. The molecule has 3 aromatic rings. The average molecular weight is 578 g/mol. The Morgan fingerprint density at radius 2 is 1.68 bits per heavy atom. The first kappa shape index (κ1) is 30.5. The first-order valence-electron chi connectivity index (χ1n) is 14.3. The number of carbonyl (C=O) groups is 2. The van der Waals surface area contributed by atoms with Gasteiger partial charge in [0.05, 0.1) is 6.54 Å². The van der Waals surface area contributed by atoms with Gasteiger partial charge in [-0.2, -0.15) is 11.8 Å². The molecule has 7 nitrogen and oxygen atoms in total. The van der Waals surface area contributed by atoms with Crippen molar-refractivity contribution in [1.29, 1.82) is 0 Å². The number of hydrogen-bond donors (Lipinski definition) is 1. The molecule has 1 N–H and O–H groups in total. The summed E-state index contributed by atoms with van der Waals surface area (Å²) in [7, 11) is 0. The number of carboxylic acid groups (broad SMARTS) is 1. The highest BCUT2D eigenvalue weighted by Gasteiger charge is 2.19. The van der Waals surface area contributed by atoms with Crippen molar-refractivity contribution in [3.63, 3.8) is 0 Å². The first-order chi connectivity index (χ1) is 20.0. The summed E-state index contributed by atoms with van der Waals surface area (Å²) < 4.78 is 17.0. The van der Waals surface area contributed by atoms with Crippen molar-refractivity contribution >= 4 is 23.8 Å². The van der Waals surface area contributed by atoms with Crippen LogP contribution in [-0.2, 0) is 34.5 Å². The molecule has 218 valence electrons. The lowest BCUT2D eigenvalue weighted by Crippen LogP contribution is -2.37. The number of ether oxygens (including phenoxy) is 3. The van der Waals surface area contributed by atoms with Crippen LogP contribution >= 0.6 is 11.8 Å². The predicted molar refractivity (Wildman–Crippen MR) is 162 cm³/mol. The van der Waals surface area contributed by atoms with E-state index < -0.39 is 12.1 Å². The average Bonchev–Trinajstić information content (AvgIpc) is 3.45. The Hall–Kier alpha value is -3.49. The molecule has 3 aromatic carbocycles. The first-order valence-corrected chi connectivity index (χ1v) is 15.4. The summed E-state index contributed by atoms with van der Waals surface area (Å²) in [6.45, 7) is 3.39. The summed E-state index contributed by atoms with van der Waals surface area (Å²) in [5.74, 6) is 2.14. The van der Waals surface area contributed by atoms with E-state index in [1.807, 2.05) is 66.4 Å². The maximum Gasteiger partial charge on any atom is 0.415 e. The number of fused-ring (bicyclic) bond motifs is 1. The molecule has 0 spiro atoms. The minimum absolute atomic E-state index is 0.286. The van der Waals surface area contributed by atoms with Gasteiger partial charge in [-0.25, -0.2) is 9.59 Å². The standard InChI is InChI=1S/C33H39NO6S/c1-2-38-31(32(35)36)22-25-12-15-29(16-13-25)39-20-19-34(18-7-21-41-24-26-8-4-3-5-9-26)33(37)40-30-17-14-27-10-6-11-28(27)23-30/h3-5,8-9,12-17,23,31H,2,6-7,10-11,18-22,24H2,1H3,(H,35,36). The molecule has 0 aliphatic heterocycles. The number of aryl methyl sites for hydroxylation is 2. The zero-order chi connectivity index (χ0) is 28.9. The van der Waals surface area contributed by atoms with E-state index in [9.17, 15) is 14.7 Å². The smallest absolute Gasteiger partial charge is 0.415 e. The normalized spacial score (nSPS) is 12.9. The van der Waals surface area contributed by atoms with Crippen LogP contribution in [0, 0.1) is 0 Å². The van der Waals surface area contributed by atoms with Gasteiger partial charge in [0.25, 0.3) is 0 Å². The van der Waals surface area contributed by atoms with E-state index in [2.05, 4.69) is 18.2 Å². The SMILES string of the molecule is CCOC(Cc1ccc(OCCN(CCCSCc2ccccc2)C(=O)Oc2ccc3c(c2)CCC3)cc1)C(=O)O. The molecule has 0 fully saturated rings. The maximum absolute atomic E-state index is 13.2. The number of nitrogens with zero attached hydrogens (tertiary/aromatic N) is 1. The van der Waals surface area contributed by atoms with Gasteiger partial charge in [0.1, 0.15) is 18.1 Å². The van der Waals surface area contributed by atoms with Crippen molar-refractivity contribution in [3.05, 3.63) is 95.1 Å². The Labute approximate surface area is 246 Å². The highest BCUT2D eigenvalue weighted by Crippen LogP contribution is 2.26. The molecule has 0 aromatic heterocycles. The Morgan fingerprint density at radius 3 is 2.44 bits per heavy atom. The zero-order valence-electron chi connectivity index (χ0n) is 23.6. The fourth-order valence-corrected chi connectivity index (χ4v) is 5.73. The van der Waals surface area contributed by atoms with Crippen LogP contribution in [0.2, 0.25) is 0 Å². The summed E-state index contributed by atoms with van der Waals surface area (Å²) in [6, 6.07) is 23.6.